The van der Waals surface area contributed by atoms with Gasteiger partial charge in [0, 0.05) is 12.6 Å². The minimum Gasteiger partial charge on any atom is -0.387 e. The van der Waals surface area contributed by atoms with Gasteiger partial charge in [0.25, 0.3) is 0 Å². The van der Waals surface area contributed by atoms with E-state index in [0.29, 0.717) is 24.1 Å². The first kappa shape index (κ1) is 16.4. The van der Waals surface area contributed by atoms with Crippen molar-refractivity contribution in [1.29, 1.82) is 0 Å². The highest BCUT2D eigenvalue weighted by Gasteiger charge is 2.20. The molecule has 1 saturated carbocycles. The quantitative estimate of drug-likeness (QED) is 0.807. The highest BCUT2D eigenvalue weighted by atomic mass is 19.2. The predicted molar refractivity (Wildman–Crippen MR) is 80.0 cm³/mol. The summed E-state index contributed by atoms with van der Waals surface area (Å²) in [5.41, 5.74) is 0.412. The topological polar surface area (TPSA) is 32.3 Å². The fourth-order valence-electron chi connectivity index (χ4n) is 3.11. The normalized spacial score (nSPS) is 20.0. The Morgan fingerprint density at radius 2 is 1.81 bits per heavy atom. The molecule has 0 aromatic heterocycles. The molecule has 0 heterocycles. The summed E-state index contributed by atoms with van der Waals surface area (Å²) in [5, 5.41) is 13.4. The van der Waals surface area contributed by atoms with E-state index in [0.717, 1.165) is 12.1 Å². The zero-order chi connectivity index (χ0) is 15.2. The predicted octanol–water partition coefficient (Wildman–Crippen LogP) is 3.95. The Morgan fingerprint density at radius 1 is 1.14 bits per heavy atom. The molecule has 118 valence electrons. The molecule has 2 rings (SSSR count). The lowest BCUT2D eigenvalue weighted by Gasteiger charge is -2.25. The van der Waals surface area contributed by atoms with Crippen LogP contribution in [0.15, 0.2) is 18.2 Å². The second kappa shape index (κ2) is 7.85. The molecule has 0 spiro atoms. The Balaban J connectivity index is 1.84. The van der Waals surface area contributed by atoms with Crippen LogP contribution in [0.3, 0.4) is 0 Å². The summed E-state index contributed by atoms with van der Waals surface area (Å²) < 4.78 is 26.1. The van der Waals surface area contributed by atoms with E-state index in [1.54, 1.807) is 0 Å². The van der Waals surface area contributed by atoms with E-state index in [-0.39, 0.29) is 0 Å². The van der Waals surface area contributed by atoms with E-state index in [1.165, 1.54) is 44.6 Å². The van der Waals surface area contributed by atoms with Crippen molar-refractivity contribution in [3.63, 3.8) is 0 Å². The molecule has 0 radical (unpaired) electrons. The second-order valence-electron chi connectivity index (χ2n) is 6.14. The molecular weight excluding hydrogens is 272 g/mol. The monoisotopic (exact) mass is 297 g/mol. The average molecular weight is 297 g/mol. The number of benzene rings is 1. The summed E-state index contributed by atoms with van der Waals surface area (Å²) in [7, 11) is 0. The third-order valence-corrected chi connectivity index (χ3v) is 4.57. The van der Waals surface area contributed by atoms with Crippen LogP contribution in [0.25, 0.3) is 0 Å². The molecule has 2 nitrogen and oxygen atoms in total. The van der Waals surface area contributed by atoms with Crippen LogP contribution in [0, 0.1) is 17.6 Å². The van der Waals surface area contributed by atoms with Crippen molar-refractivity contribution in [1.82, 2.24) is 5.32 Å². The summed E-state index contributed by atoms with van der Waals surface area (Å²) in [6.45, 7) is 2.51. The molecule has 1 aliphatic rings. The summed E-state index contributed by atoms with van der Waals surface area (Å²) in [6.07, 6.45) is 6.85. The van der Waals surface area contributed by atoms with Crippen LogP contribution in [-0.4, -0.2) is 17.7 Å². The molecule has 1 unspecified atom stereocenters. The van der Waals surface area contributed by atoms with Crippen molar-refractivity contribution in [2.24, 2.45) is 5.92 Å². The van der Waals surface area contributed by atoms with E-state index in [2.05, 4.69) is 12.2 Å². The maximum Gasteiger partial charge on any atom is 0.159 e. The zero-order valence-corrected chi connectivity index (χ0v) is 12.6. The molecule has 0 amide bonds. The van der Waals surface area contributed by atoms with Crippen LogP contribution in [0.4, 0.5) is 8.78 Å². The molecular formula is C17H25F2NO. The summed E-state index contributed by atoms with van der Waals surface area (Å²) in [5.74, 6) is -1.15. The van der Waals surface area contributed by atoms with Gasteiger partial charge >= 0.3 is 0 Å². The van der Waals surface area contributed by atoms with Crippen LogP contribution < -0.4 is 5.32 Å². The minimum atomic E-state index is -0.914. The van der Waals surface area contributed by atoms with Gasteiger partial charge in [0.2, 0.25) is 0 Å². The molecule has 2 N–H and O–H groups in total. The van der Waals surface area contributed by atoms with Gasteiger partial charge in [0.05, 0.1) is 6.10 Å². The van der Waals surface area contributed by atoms with Gasteiger partial charge in [0.1, 0.15) is 0 Å². The molecule has 1 fully saturated rings. The number of hydrogen-bond donors (Lipinski definition) is 2. The Bertz CT molecular complexity index is 444. The highest BCUT2D eigenvalue weighted by molar-refractivity contribution is 5.20. The van der Waals surface area contributed by atoms with Crippen molar-refractivity contribution in [2.45, 2.75) is 57.6 Å². The van der Waals surface area contributed by atoms with E-state index in [4.69, 9.17) is 0 Å². The van der Waals surface area contributed by atoms with Gasteiger partial charge in [-0.3, -0.25) is 0 Å². The van der Waals surface area contributed by atoms with E-state index < -0.39 is 17.7 Å². The van der Waals surface area contributed by atoms with Gasteiger partial charge in [-0.05, 0) is 43.4 Å². The van der Waals surface area contributed by atoms with Gasteiger partial charge in [-0.15, -0.1) is 0 Å². The van der Waals surface area contributed by atoms with Crippen molar-refractivity contribution in [3.05, 3.63) is 35.4 Å². The molecule has 2 atom stereocenters. The average Bonchev–Trinajstić information content (AvgIpc) is 2.76. The maximum absolute atomic E-state index is 13.2. The van der Waals surface area contributed by atoms with Gasteiger partial charge in [-0.1, -0.05) is 31.7 Å². The van der Waals surface area contributed by atoms with Gasteiger partial charge < -0.3 is 10.4 Å². The first-order valence-corrected chi connectivity index (χ1v) is 7.94. The number of aliphatic hydroxyl groups is 1. The van der Waals surface area contributed by atoms with Crippen molar-refractivity contribution in [2.75, 3.05) is 6.54 Å². The number of hydrogen-bond acceptors (Lipinski definition) is 2. The van der Waals surface area contributed by atoms with E-state index in [9.17, 15) is 13.9 Å². The van der Waals surface area contributed by atoms with Crippen LogP contribution in [0.2, 0.25) is 0 Å². The second-order valence-corrected chi connectivity index (χ2v) is 6.14. The molecule has 0 aliphatic heterocycles. The standard InChI is InChI=1S/C17H25F2NO/c1-12(13-6-4-2-3-5-7-13)20-11-17(21)14-8-9-15(18)16(19)10-14/h8-10,12-13,17,20-21H,2-7,11H2,1H3/t12-,17?/m1/s1. The lowest BCUT2D eigenvalue weighted by molar-refractivity contribution is 0.163. The van der Waals surface area contributed by atoms with Gasteiger partial charge in [-0.25, -0.2) is 8.78 Å². The number of aliphatic hydroxyl groups excluding tert-OH is 1. The molecule has 1 aromatic rings. The molecule has 0 saturated heterocycles. The number of nitrogens with one attached hydrogen (secondary N) is 1. The lowest BCUT2D eigenvalue weighted by atomic mass is 9.93. The fourth-order valence-corrected chi connectivity index (χ4v) is 3.11. The smallest absolute Gasteiger partial charge is 0.159 e. The Hall–Kier alpha value is -1.00. The fraction of sp³-hybridized carbons (Fsp3) is 0.647. The van der Waals surface area contributed by atoms with Crippen LogP contribution >= 0.6 is 0 Å². The SMILES string of the molecule is C[C@@H](NCC(O)c1ccc(F)c(F)c1)C1CCCCCC1. The van der Waals surface area contributed by atoms with Crippen molar-refractivity contribution >= 4 is 0 Å². The lowest BCUT2D eigenvalue weighted by Crippen LogP contribution is -2.36. The van der Waals surface area contributed by atoms with Gasteiger partial charge in [-0.2, -0.15) is 0 Å². The van der Waals surface area contributed by atoms with E-state index in [1.807, 2.05) is 0 Å². The van der Waals surface area contributed by atoms with Crippen molar-refractivity contribution < 1.29 is 13.9 Å². The third kappa shape index (κ3) is 4.75. The first-order chi connectivity index (χ1) is 10.1. The molecule has 21 heavy (non-hydrogen) atoms. The van der Waals surface area contributed by atoms with Crippen LogP contribution in [-0.2, 0) is 0 Å². The minimum absolute atomic E-state index is 0.336. The van der Waals surface area contributed by atoms with Crippen LogP contribution in [0.1, 0.15) is 57.1 Å². The maximum atomic E-state index is 13.2. The van der Waals surface area contributed by atoms with E-state index >= 15 is 0 Å². The zero-order valence-electron chi connectivity index (χ0n) is 12.6. The molecule has 1 aliphatic carbocycles. The summed E-state index contributed by atoms with van der Waals surface area (Å²) in [4.78, 5) is 0. The molecule has 4 heteroatoms. The van der Waals surface area contributed by atoms with Crippen molar-refractivity contribution in [3.8, 4) is 0 Å². The first-order valence-electron chi connectivity index (χ1n) is 7.94. The summed E-state index contributed by atoms with van der Waals surface area (Å²) in [6, 6.07) is 3.89. The summed E-state index contributed by atoms with van der Waals surface area (Å²) >= 11 is 0. The Kier molecular flexibility index (Phi) is 6.12. The molecule has 1 aromatic carbocycles. The Labute approximate surface area is 125 Å². The number of rotatable bonds is 5. The molecule has 0 bridgehead atoms. The third-order valence-electron chi connectivity index (χ3n) is 4.57. The van der Waals surface area contributed by atoms with Crippen LogP contribution in [0.5, 0.6) is 0 Å². The highest BCUT2D eigenvalue weighted by Crippen LogP contribution is 2.25. The number of halogens is 2. The Morgan fingerprint density at radius 3 is 2.43 bits per heavy atom. The largest absolute Gasteiger partial charge is 0.387 e. The van der Waals surface area contributed by atoms with Gasteiger partial charge in [0.15, 0.2) is 11.6 Å².